The zero-order valence-corrected chi connectivity index (χ0v) is 11.0. The maximum absolute atomic E-state index is 14.6. The van der Waals surface area contributed by atoms with Crippen LogP contribution in [0.25, 0.3) is 0 Å². The van der Waals surface area contributed by atoms with Crippen molar-refractivity contribution in [1.82, 2.24) is 0 Å². The van der Waals surface area contributed by atoms with Gasteiger partial charge in [-0.15, -0.1) is 0 Å². The van der Waals surface area contributed by atoms with Gasteiger partial charge in [-0.2, -0.15) is 35.1 Å². The minimum atomic E-state index is -6.69. The highest BCUT2D eigenvalue weighted by atomic mass is 19.4. The van der Waals surface area contributed by atoms with Crippen LogP contribution in [0.3, 0.4) is 0 Å². The summed E-state index contributed by atoms with van der Waals surface area (Å²) in [6.07, 6.45) is -6.69. The van der Waals surface area contributed by atoms with Gasteiger partial charge in [0.05, 0.1) is 0 Å². The fourth-order valence-electron chi connectivity index (χ4n) is 1.71. The molecule has 0 radical (unpaired) electrons. The van der Waals surface area contributed by atoms with Gasteiger partial charge >= 0.3 is 23.9 Å². The van der Waals surface area contributed by atoms with Crippen molar-refractivity contribution in [1.29, 1.82) is 0 Å². The summed E-state index contributed by atoms with van der Waals surface area (Å²) in [5.74, 6) is -17.7. The van der Waals surface area contributed by atoms with Crippen molar-refractivity contribution in [2.75, 3.05) is 12.3 Å². The molecule has 1 aromatic rings. The first-order valence-electron chi connectivity index (χ1n) is 5.83. The third kappa shape index (κ3) is 2.59. The lowest BCUT2D eigenvalue weighted by Gasteiger charge is -2.38. The summed E-state index contributed by atoms with van der Waals surface area (Å²) in [7, 11) is 0. The van der Waals surface area contributed by atoms with Crippen molar-refractivity contribution in [3.63, 3.8) is 0 Å². The van der Waals surface area contributed by atoms with Crippen LogP contribution in [0.2, 0.25) is 0 Å². The third-order valence-electron chi connectivity index (χ3n) is 2.80. The lowest BCUT2D eigenvalue weighted by molar-refractivity contribution is -0.418. The van der Waals surface area contributed by atoms with E-state index in [1.165, 1.54) is 0 Å². The second kappa shape index (κ2) is 5.56. The van der Waals surface area contributed by atoms with E-state index in [9.17, 15) is 35.1 Å². The number of para-hydroxylation sites is 1. The number of benzene rings is 1. The predicted molar refractivity (Wildman–Crippen MR) is 61.2 cm³/mol. The zero-order valence-electron chi connectivity index (χ0n) is 11.0. The molecule has 126 valence electrons. The molecule has 1 unspecified atom stereocenters. The zero-order chi connectivity index (χ0) is 17.4. The normalized spacial score (nSPS) is 16.4. The maximum Gasteiger partial charge on any atom is 0.460 e. The molecule has 2 nitrogen and oxygen atoms in total. The molecule has 0 aliphatic carbocycles. The van der Waals surface area contributed by atoms with E-state index in [4.69, 9.17) is 5.73 Å². The number of hydrogen-bond acceptors (Lipinski definition) is 2. The molecule has 0 heterocycles. The molecule has 0 amide bonds. The summed E-state index contributed by atoms with van der Waals surface area (Å²) < 4.78 is 109. The van der Waals surface area contributed by atoms with Crippen LogP contribution in [0.5, 0.6) is 0 Å². The van der Waals surface area contributed by atoms with E-state index in [-0.39, 0.29) is 0 Å². The number of rotatable bonds is 5. The summed E-state index contributed by atoms with van der Waals surface area (Å²) in [5, 5.41) is 0. The molecule has 0 saturated heterocycles. The highest BCUT2D eigenvalue weighted by Gasteiger charge is 2.82. The lowest BCUT2D eigenvalue weighted by Crippen LogP contribution is -2.62. The molecule has 1 atom stereocenters. The molecular formula is C12H11F8NO. The molecule has 0 bridgehead atoms. The number of nitrogens with two attached hydrogens (primary N) is 1. The Morgan fingerprint density at radius 1 is 0.909 bits per heavy atom. The van der Waals surface area contributed by atoms with Crippen LogP contribution >= 0.6 is 0 Å². The molecular weight excluding hydrogens is 326 g/mol. The summed E-state index contributed by atoms with van der Waals surface area (Å²) in [6, 6.07) is 3.52. The Morgan fingerprint density at radius 2 is 1.41 bits per heavy atom. The van der Waals surface area contributed by atoms with Crippen LogP contribution in [-0.4, -0.2) is 24.6 Å². The molecule has 1 aromatic carbocycles. The van der Waals surface area contributed by atoms with Crippen LogP contribution in [0, 0.1) is 0 Å². The molecule has 0 aliphatic heterocycles. The second-order valence-corrected chi connectivity index (χ2v) is 4.26. The molecule has 1 rings (SSSR count). The summed E-state index contributed by atoms with van der Waals surface area (Å²) >= 11 is 0. The number of ether oxygens (including phenoxy) is 1. The number of halogens is 8. The van der Waals surface area contributed by atoms with E-state index in [0.29, 0.717) is 6.07 Å². The van der Waals surface area contributed by atoms with Crippen molar-refractivity contribution < 1.29 is 39.9 Å². The van der Waals surface area contributed by atoms with Crippen molar-refractivity contribution in [2.24, 2.45) is 0 Å². The van der Waals surface area contributed by atoms with Gasteiger partial charge in [-0.3, -0.25) is 0 Å². The Labute approximate surface area is 119 Å². The molecule has 2 N–H and O–H groups in total. The first-order chi connectivity index (χ1) is 9.83. The first-order valence-corrected chi connectivity index (χ1v) is 5.83. The predicted octanol–water partition coefficient (Wildman–Crippen LogP) is 4.26. The Bertz CT molecular complexity index is 530. The van der Waals surface area contributed by atoms with E-state index >= 15 is 0 Å². The number of hydrogen-bond donors (Lipinski definition) is 1. The minimum absolute atomic E-state index is 0.547. The third-order valence-corrected chi connectivity index (χ3v) is 2.80. The van der Waals surface area contributed by atoms with Crippen molar-refractivity contribution in [2.45, 2.75) is 30.8 Å². The van der Waals surface area contributed by atoms with Crippen molar-refractivity contribution >= 4 is 5.69 Å². The van der Waals surface area contributed by atoms with E-state index in [2.05, 4.69) is 4.74 Å². The molecule has 0 spiro atoms. The number of nitrogen functional groups attached to an aromatic ring is 1. The van der Waals surface area contributed by atoms with Crippen molar-refractivity contribution in [3.05, 3.63) is 29.8 Å². The van der Waals surface area contributed by atoms with E-state index in [1.807, 2.05) is 0 Å². The van der Waals surface area contributed by atoms with Gasteiger partial charge in [0.25, 0.3) is 0 Å². The highest BCUT2D eigenvalue weighted by molar-refractivity contribution is 5.50. The molecule has 0 aromatic heterocycles. The van der Waals surface area contributed by atoms with Crippen LogP contribution < -0.4 is 5.73 Å². The van der Waals surface area contributed by atoms with Gasteiger partial charge in [0, 0.05) is 17.9 Å². The Hall–Kier alpha value is -1.58. The summed E-state index contributed by atoms with van der Waals surface area (Å²) in [5.41, 5.74) is 3.14. The van der Waals surface area contributed by atoms with E-state index in [0.717, 1.165) is 25.1 Å². The Morgan fingerprint density at radius 3 is 1.82 bits per heavy atom. The first kappa shape index (κ1) is 18.5. The fraction of sp³-hybridized carbons (Fsp3) is 0.500. The highest BCUT2D eigenvalue weighted by Crippen LogP contribution is 2.57. The van der Waals surface area contributed by atoms with E-state index < -0.39 is 41.7 Å². The average molecular weight is 337 g/mol. The molecule has 0 fully saturated rings. The van der Waals surface area contributed by atoms with Gasteiger partial charge in [-0.1, -0.05) is 18.2 Å². The second-order valence-electron chi connectivity index (χ2n) is 4.26. The van der Waals surface area contributed by atoms with Gasteiger partial charge in [0.2, 0.25) is 0 Å². The fourth-order valence-corrected chi connectivity index (χ4v) is 1.71. The van der Waals surface area contributed by atoms with E-state index in [1.54, 1.807) is 0 Å². The SMILES string of the molecule is CCOC(F)(c1ccccc1N)C(F)(F)C(F)(F)C(F)(F)F. The lowest BCUT2D eigenvalue weighted by atomic mass is 9.94. The molecule has 0 saturated carbocycles. The molecule has 0 aliphatic rings. The Kier molecular flexibility index (Phi) is 4.67. The summed E-state index contributed by atoms with van der Waals surface area (Å²) in [6.45, 7) is 0.0592. The smallest absolute Gasteiger partial charge is 0.398 e. The van der Waals surface area contributed by atoms with Crippen LogP contribution in [0.1, 0.15) is 12.5 Å². The summed E-state index contributed by atoms with van der Waals surface area (Å²) in [4.78, 5) is 0. The van der Waals surface area contributed by atoms with Crippen LogP contribution in [-0.2, 0) is 10.6 Å². The van der Waals surface area contributed by atoms with Crippen LogP contribution in [0.15, 0.2) is 24.3 Å². The van der Waals surface area contributed by atoms with Crippen molar-refractivity contribution in [3.8, 4) is 0 Å². The standard InChI is InChI=1S/C12H11F8NO/c1-2-22-9(13,7-5-3-4-6-8(7)21)10(14,15)11(16,17)12(18,19)20/h3-6H,2,21H2,1H3. The van der Waals surface area contributed by atoms with Gasteiger partial charge in [0.15, 0.2) is 0 Å². The monoisotopic (exact) mass is 337 g/mol. The largest absolute Gasteiger partial charge is 0.460 e. The van der Waals surface area contributed by atoms with Gasteiger partial charge < -0.3 is 10.5 Å². The van der Waals surface area contributed by atoms with Gasteiger partial charge in [-0.05, 0) is 13.0 Å². The van der Waals surface area contributed by atoms with Crippen LogP contribution in [0.4, 0.5) is 40.8 Å². The average Bonchev–Trinajstić information content (AvgIpc) is 2.37. The molecule has 22 heavy (non-hydrogen) atoms. The van der Waals surface area contributed by atoms with Gasteiger partial charge in [0.1, 0.15) is 0 Å². The number of anilines is 1. The van der Waals surface area contributed by atoms with Gasteiger partial charge in [-0.25, -0.2) is 0 Å². The minimum Gasteiger partial charge on any atom is -0.398 e. The topological polar surface area (TPSA) is 35.2 Å². The maximum atomic E-state index is 14.6. The Balaban J connectivity index is 3.57. The number of alkyl halides is 8. The quantitative estimate of drug-likeness (QED) is 0.644. The molecule has 10 heteroatoms.